The number of rotatable bonds is 5. The Hall–Kier alpha value is -3.70. The van der Waals surface area contributed by atoms with Crippen molar-refractivity contribution in [1.82, 2.24) is 15.6 Å². The highest BCUT2D eigenvalue weighted by atomic mass is 35.5. The largest absolute Gasteiger partial charge is 0.289 e. The molecular weight excluding hydrogens is 396 g/mol. The molecule has 0 aliphatic carbocycles. The first-order valence-electron chi connectivity index (χ1n) is 9.42. The van der Waals surface area contributed by atoms with E-state index in [0.717, 1.165) is 22.3 Å². The maximum absolute atomic E-state index is 12.4. The third-order valence-electron chi connectivity index (χ3n) is 4.70. The van der Waals surface area contributed by atoms with Crippen LogP contribution in [0.4, 0.5) is 0 Å². The van der Waals surface area contributed by atoms with Crippen molar-refractivity contribution in [2.45, 2.75) is 6.92 Å². The van der Waals surface area contributed by atoms with Crippen LogP contribution in [0, 0.1) is 0 Å². The van der Waals surface area contributed by atoms with Gasteiger partial charge in [-0.15, -0.1) is 0 Å². The predicted octanol–water partition coefficient (Wildman–Crippen LogP) is 5.55. The lowest BCUT2D eigenvalue weighted by Crippen LogP contribution is -2.19. The van der Waals surface area contributed by atoms with Gasteiger partial charge in [-0.05, 0) is 41.8 Å². The lowest BCUT2D eigenvalue weighted by atomic mass is 10.0. The molecule has 0 atom stereocenters. The summed E-state index contributed by atoms with van der Waals surface area (Å²) in [7, 11) is 0. The topological polar surface area (TPSA) is 70.1 Å². The minimum atomic E-state index is -0.358. The molecule has 1 aromatic heterocycles. The second-order valence-corrected chi connectivity index (χ2v) is 7.19. The van der Waals surface area contributed by atoms with Gasteiger partial charge >= 0.3 is 0 Å². The summed E-state index contributed by atoms with van der Waals surface area (Å²) < 4.78 is 0. The molecule has 148 valence electrons. The van der Waals surface area contributed by atoms with Crippen LogP contribution in [-0.2, 0) is 0 Å². The number of hydrogen-bond donors (Lipinski definition) is 2. The maximum atomic E-state index is 12.4. The van der Waals surface area contributed by atoms with Gasteiger partial charge in [0.25, 0.3) is 5.91 Å². The Morgan fingerprint density at radius 2 is 1.53 bits per heavy atom. The molecule has 1 amide bonds. The molecule has 0 radical (unpaired) electrons. The fraction of sp³-hybridized carbons (Fsp3) is 0.0417. The molecule has 4 rings (SSSR count). The predicted molar refractivity (Wildman–Crippen MR) is 121 cm³/mol. The monoisotopic (exact) mass is 414 g/mol. The number of aromatic amines is 1. The minimum Gasteiger partial charge on any atom is -0.272 e. The van der Waals surface area contributed by atoms with Gasteiger partial charge in [-0.1, -0.05) is 78.3 Å². The van der Waals surface area contributed by atoms with E-state index >= 15 is 0 Å². The molecule has 4 aromatic rings. The van der Waals surface area contributed by atoms with Crippen molar-refractivity contribution < 1.29 is 4.79 Å². The fourth-order valence-corrected chi connectivity index (χ4v) is 3.13. The molecular formula is C24H19ClN4O. The van der Waals surface area contributed by atoms with E-state index in [0.29, 0.717) is 22.1 Å². The molecule has 0 aliphatic heterocycles. The molecule has 0 aliphatic rings. The summed E-state index contributed by atoms with van der Waals surface area (Å²) in [6.07, 6.45) is 0. The smallest absolute Gasteiger partial charge is 0.272 e. The van der Waals surface area contributed by atoms with Crippen LogP contribution in [0.3, 0.4) is 0 Å². The number of nitrogens with one attached hydrogen (secondary N) is 2. The first kappa shape index (κ1) is 19.6. The first-order chi connectivity index (χ1) is 14.6. The van der Waals surface area contributed by atoms with Crippen LogP contribution >= 0.6 is 11.6 Å². The van der Waals surface area contributed by atoms with E-state index in [4.69, 9.17) is 11.6 Å². The second kappa shape index (κ2) is 8.76. The minimum absolute atomic E-state index is 0.338. The molecule has 3 aromatic carbocycles. The van der Waals surface area contributed by atoms with E-state index in [2.05, 4.69) is 32.9 Å². The number of H-pyrrole nitrogens is 1. The molecule has 2 N–H and O–H groups in total. The molecule has 6 heteroatoms. The third kappa shape index (κ3) is 4.47. The van der Waals surface area contributed by atoms with Gasteiger partial charge in [0.05, 0.1) is 11.4 Å². The highest BCUT2D eigenvalue weighted by Gasteiger charge is 2.11. The standard InChI is InChI=1S/C24H19ClN4O/c1-16(17-11-13-21(25)14-12-17)26-29-24(30)23-15-22(27-28-23)20-9-7-19(8-10-20)18-5-3-2-4-6-18/h2-15H,1H3,(H,27,28)(H,29,30)/b26-16+. The summed E-state index contributed by atoms with van der Waals surface area (Å²) in [6, 6.07) is 27.2. The number of aromatic nitrogens is 2. The Kier molecular flexibility index (Phi) is 5.72. The Morgan fingerprint density at radius 1 is 0.900 bits per heavy atom. The third-order valence-corrected chi connectivity index (χ3v) is 4.95. The van der Waals surface area contributed by atoms with Crippen LogP contribution in [0.1, 0.15) is 23.0 Å². The van der Waals surface area contributed by atoms with Gasteiger partial charge in [0.2, 0.25) is 0 Å². The van der Waals surface area contributed by atoms with Crippen molar-refractivity contribution in [3.63, 3.8) is 0 Å². The van der Waals surface area contributed by atoms with Crippen molar-refractivity contribution in [3.05, 3.63) is 101 Å². The van der Waals surface area contributed by atoms with E-state index in [1.807, 2.05) is 61.5 Å². The number of nitrogens with zero attached hydrogens (tertiary/aromatic N) is 2. The number of hydrazone groups is 1. The lowest BCUT2D eigenvalue weighted by molar-refractivity contribution is 0.0950. The average molecular weight is 415 g/mol. The second-order valence-electron chi connectivity index (χ2n) is 6.76. The SMILES string of the molecule is C/C(=N\NC(=O)c1cc(-c2ccc(-c3ccccc3)cc2)n[nH]1)c1ccc(Cl)cc1. The van der Waals surface area contributed by atoms with Crippen LogP contribution in [-0.4, -0.2) is 21.8 Å². The average Bonchev–Trinajstić information content (AvgIpc) is 3.29. The lowest BCUT2D eigenvalue weighted by Gasteiger charge is -2.02. The number of carbonyl (C=O) groups excluding carboxylic acids is 1. The number of amides is 1. The van der Waals surface area contributed by atoms with Crippen molar-refractivity contribution >= 4 is 23.2 Å². The first-order valence-corrected chi connectivity index (χ1v) is 9.80. The maximum Gasteiger partial charge on any atom is 0.289 e. The summed E-state index contributed by atoms with van der Waals surface area (Å²) in [5.41, 5.74) is 8.34. The molecule has 0 unspecified atom stereocenters. The zero-order valence-corrected chi connectivity index (χ0v) is 17.0. The van der Waals surface area contributed by atoms with Crippen molar-refractivity contribution in [1.29, 1.82) is 0 Å². The van der Waals surface area contributed by atoms with Crippen LogP contribution in [0.5, 0.6) is 0 Å². The Balaban J connectivity index is 1.45. The number of carbonyl (C=O) groups is 1. The molecule has 0 saturated heterocycles. The number of halogens is 1. The van der Waals surface area contributed by atoms with Crippen molar-refractivity contribution in [2.75, 3.05) is 0 Å². The van der Waals surface area contributed by atoms with Crippen LogP contribution in [0.15, 0.2) is 90.0 Å². The zero-order chi connectivity index (χ0) is 20.9. The summed E-state index contributed by atoms with van der Waals surface area (Å²) in [5.74, 6) is -0.358. The molecule has 0 bridgehead atoms. The highest BCUT2D eigenvalue weighted by Crippen LogP contribution is 2.24. The van der Waals surface area contributed by atoms with E-state index in [1.165, 1.54) is 0 Å². The molecule has 30 heavy (non-hydrogen) atoms. The molecule has 0 saturated carbocycles. The van der Waals surface area contributed by atoms with Crippen LogP contribution < -0.4 is 5.43 Å². The van der Waals surface area contributed by atoms with Gasteiger partial charge in [0.15, 0.2) is 0 Å². The van der Waals surface area contributed by atoms with Gasteiger partial charge in [-0.3, -0.25) is 9.89 Å². The van der Waals surface area contributed by atoms with Crippen molar-refractivity contribution in [3.8, 4) is 22.4 Å². The number of hydrogen-bond acceptors (Lipinski definition) is 3. The van der Waals surface area contributed by atoms with E-state index < -0.39 is 0 Å². The quantitative estimate of drug-likeness (QED) is 0.332. The summed E-state index contributed by atoms with van der Waals surface area (Å²) in [5, 5.41) is 11.8. The van der Waals surface area contributed by atoms with Gasteiger partial charge in [0, 0.05) is 10.6 Å². The fourth-order valence-electron chi connectivity index (χ4n) is 3.00. The Morgan fingerprint density at radius 3 is 2.23 bits per heavy atom. The summed E-state index contributed by atoms with van der Waals surface area (Å²) in [6.45, 7) is 1.82. The van der Waals surface area contributed by atoms with Gasteiger partial charge in [-0.2, -0.15) is 10.2 Å². The Labute approximate surface area is 179 Å². The van der Waals surface area contributed by atoms with Gasteiger partial charge in [0.1, 0.15) is 5.69 Å². The van der Waals surface area contributed by atoms with E-state index in [9.17, 15) is 4.79 Å². The highest BCUT2D eigenvalue weighted by molar-refractivity contribution is 6.30. The summed E-state index contributed by atoms with van der Waals surface area (Å²) in [4.78, 5) is 12.4. The Bertz CT molecular complexity index is 1180. The molecule has 0 spiro atoms. The van der Waals surface area contributed by atoms with E-state index in [1.54, 1.807) is 18.2 Å². The summed E-state index contributed by atoms with van der Waals surface area (Å²) >= 11 is 5.90. The van der Waals surface area contributed by atoms with Gasteiger partial charge < -0.3 is 0 Å². The van der Waals surface area contributed by atoms with Crippen molar-refractivity contribution in [2.24, 2.45) is 5.10 Å². The molecule has 1 heterocycles. The number of benzene rings is 3. The zero-order valence-electron chi connectivity index (χ0n) is 16.3. The normalized spacial score (nSPS) is 11.3. The van der Waals surface area contributed by atoms with Crippen LogP contribution in [0.25, 0.3) is 22.4 Å². The molecule has 0 fully saturated rings. The van der Waals surface area contributed by atoms with Gasteiger partial charge in [-0.25, -0.2) is 5.43 Å². The molecule has 5 nitrogen and oxygen atoms in total. The van der Waals surface area contributed by atoms with E-state index in [-0.39, 0.29) is 5.91 Å². The van der Waals surface area contributed by atoms with Crippen LogP contribution in [0.2, 0.25) is 5.02 Å².